The van der Waals surface area contributed by atoms with Crippen LogP contribution in [0.2, 0.25) is 0 Å². The molecular weight excluding hydrogens is 139 g/mol. The van der Waals surface area contributed by atoms with Gasteiger partial charge in [-0.25, -0.2) is 4.63 Å². The van der Waals surface area contributed by atoms with Gasteiger partial charge < -0.3 is 0 Å². The molecule has 0 radical (unpaired) electrons. The van der Waals surface area contributed by atoms with Gasteiger partial charge in [0.25, 0.3) is 0 Å². The van der Waals surface area contributed by atoms with Gasteiger partial charge in [-0.15, -0.1) is 0 Å². The Hall–Kier alpha value is -1.32. The van der Waals surface area contributed by atoms with Crippen LogP contribution in [0.4, 0.5) is 0 Å². The molecule has 0 spiro atoms. The lowest BCUT2D eigenvalue weighted by atomic mass is 9.93. The molecule has 2 rings (SSSR count). The monoisotopic (exact) mass is 146 g/mol. The average molecular weight is 146 g/mol. The quantitative estimate of drug-likeness (QED) is 0.482. The van der Waals surface area contributed by atoms with E-state index < -0.39 is 0 Å². The van der Waals surface area contributed by atoms with Crippen LogP contribution in [0.15, 0.2) is 16.8 Å². The zero-order chi connectivity index (χ0) is 7.84. The number of rotatable bonds is 0. The molecule has 4 heteroatoms. The number of hydrogen-bond acceptors (Lipinski definition) is 3. The van der Waals surface area contributed by atoms with Crippen molar-refractivity contribution in [3.05, 3.63) is 17.7 Å². The van der Waals surface area contributed by atoms with Crippen LogP contribution in [0.25, 0.3) is 11.0 Å². The van der Waals surface area contributed by atoms with E-state index in [-0.39, 0.29) is 0 Å². The standard InChI is InChI=1S/C7H7BN2O/c1-4-2-3-5(8)7-6(4)9-11-10-7/h2-3H,8H2,1H3. The van der Waals surface area contributed by atoms with Crippen LogP contribution in [-0.2, 0) is 0 Å². The molecule has 0 aliphatic carbocycles. The Morgan fingerprint density at radius 2 is 2.00 bits per heavy atom. The summed E-state index contributed by atoms with van der Waals surface area (Å²) in [5.74, 6) is 0. The molecule has 1 aromatic heterocycles. The minimum absolute atomic E-state index is 0.866. The van der Waals surface area contributed by atoms with Crippen LogP contribution < -0.4 is 5.46 Å². The molecule has 0 aliphatic rings. The maximum absolute atomic E-state index is 4.63. The summed E-state index contributed by atoms with van der Waals surface area (Å²) in [6.07, 6.45) is 0. The Bertz CT molecular complexity index is 360. The highest BCUT2D eigenvalue weighted by atomic mass is 16.6. The zero-order valence-corrected chi connectivity index (χ0v) is 6.46. The second-order valence-electron chi connectivity index (χ2n) is 2.66. The van der Waals surface area contributed by atoms with Crippen molar-refractivity contribution in [2.75, 3.05) is 0 Å². The van der Waals surface area contributed by atoms with E-state index in [1.807, 2.05) is 26.9 Å². The minimum atomic E-state index is 0.866. The molecule has 0 fully saturated rings. The second kappa shape index (κ2) is 2.08. The van der Waals surface area contributed by atoms with Gasteiger partial charge in [-0.05, 0) is 17.6 Å². The van der Waals surface area contributed by atoms with Crippen molar-refractivity contribution in [2.24, 2.45) is 0 Å². The summed E-state index contributed by atoms with van der Waals surface area (Å²) in [7, 11) is 1.99. The first-order valence-corrected chi connectivity index (χ1v) is 3.47. The summed E-state index contributed by atoms with van der Waals surface area (Å²) in [4.78, 5) is 0. The molecule has 0 aliphatic heterocycles. The molecule has 0 bridgehead atoms. The third kappa shape index (κ3) is 0.825. The van der Waals surface area contributed by atoms with E-state index >= 15 is 0 Å². The van der Waals surface area contributed by atoms with Crippen molar-refractivity contribution in [2.45, 2.75) is 6.92 Å². The molecule has 0 unspecified atom stereocenters. The molecular formula is C7H7BN2O. The van der Waals surface area contributed by atoms with Gasteiger partial charge in [0.1, 0.15) is 18.9 Å². The first kappa shape index (κ1) is 6.40. The highest BCUT2D eigenvalue weighted by molar-refractivity contribution is 6.38. The van der Waals surface area contributed by atoms with E-state index in [0.29, 0.717) is 0 Å². The predicted molar refractivity (Wildman–Crippen MR) is 44.7 cm³/mol. The van der Waals surface area contributed by atoms with Gasteiger partial charge in [0.05, 0.1) is 0 Å². The topological polar surface area (TPSA) is 38.9 Å². The summed E-state index contributed by atoms with van der Waals surface area (Å²) in [6.45, 7) is 1.99. The number of hydrogen-bond donors (Lipinski definition) is 0. The third-order valence-corrected chi connectivity index (χ3v) is 1.82. The Morgan fingerprint density at radius 3 is 2.73 bits per heavy atom. The summed E-state index contributed by atoms with van der Waals surface area (Å²) >= 11 is 0. The highest BCUT2D eigenvalue weighted by Gasteiger charge is 2.04. The van der Waals surface area contributed by atoms with Gasteiger partial charge in [0, 0.05) is 0 Å². The molecule has 11 heavy (non-hydrogen) atoms. The van der Waals surface area contributed by atoms with Gasteiger partial charge in [0.15, 0.2) is 0 Å². The number of fused-ring (bicyclic) bond motifs is 1. The van der Waals surface area contributed by atoms with Gasteiger partial charge in [-0.2, -0.15) is 0 Å². The van der Waals surface area contributed by atoms with Crippen molar-refractivity contribution in [3.8, 4) is 0 Å². The summed E-state index contributed by atoms with van der Waals surface area (Å²) < 4.78 is 4.63. The Kier molecular flexibility index (Phi) is 1.21. The fourth-order valence-corrected chi connectivity index (χ4v) is 1.11. The van der Waals surface area contributed by atoms with Crippen molar-refractivity contribution in [1.29, 1.82) is 0 Å². The smallest absolute Gasteiger partial charge is 0.142 e. The van der Waals surface area contributed by atoms with Gasteiger partial charge in [-0.3, -0.25) is 0 Å². The number of nitrogens with zero attached hydrogens (tertiary/aromatic N) is 2. The fourth-order valence-electron chi connectivity index (χ4n) is 1.11. The van der Waals surface area contributed by atoms with Crippen LogP contribution in [0.5, 0.6) is 0 Å². The normalized spacial score (nSPS) is 10.6. The van der Waals surface area contributed by atoms with Gasteiger partial charge in [0.2, 0.25) is 0 Å². The van der Waals surface area contributed by atoms with Crippen molar-refractivity contribution >= 4 is 24.3 Å². The van der Waals surface area contributed by atoms with Crippen LogP contribution in [0.3, 0.4) is 0 Å². The first-order chi connectivity index (χ1) is 5.29. The van der Waals surface area contributed by atoms with Crippen molar-refractivity contribution in [1.82, 2.24) is 10.3 Å². The van der Waals surface area contributed by atoms with Gasteiger partial charge in [-0.1, -0.05) is 22.8 Å². The largest absolute Gasteiger partial charge is 0.243 e. The second-order valence-corrected chi connectivity index (χ2v) is 2.66. The highest BCUT2D eigenvalue weighted by Crippen LogP contribution is 2.10. The minimum Gasteiger partial charge on any atom is -0.243 e. The Balaban J connectivity index is 2.96. The lowest BCUT2D eigenvalue weighted by Gasteiger charge is -1.93. The van der Waals surface area contributed by atoms with Crippen LogP contribution in [0.1, 0.15) is 5.56 Å². The zero-order valence-electron chi connectivity index (χ0n) is 6.46. The van der Waals surface area contributed by atoms with E-state index in [2.05, 4.69) is 14.9 Å². The number of benzene rings is 1. The lowest BCUT2D eigenvalue weighted by molar-refractivity contribution is 0.315. The molecule has 1 heterocycles. The van der Waals surface area contributed by atoms with E-state index in [9.17, 15) is 0 Å². The molecule has 1 aromatic carbocycles. The Morgan fingerprint density at radius 1 is 1.27 bits per heavy atom. The maximum atomic E-state index is 4.63. The van der Waals surface area contributed by atoms with E-state index in [0.717, 1.165) is 22.1 Å². The van der Waals surface area contributed by atoms with E-state index in [4.69, 9.17) is 0 Å². The molecule has 0 saturated heterocycles. The predicted octanol–water partition coefficient (Wildman–Crippen LogP) is -0.210. The average Bonchev–Trinajstić information content (AvgIpc) is 2.45. The molecule has 54 valence electrons. The van der Waals surface area contributed by atoms with Crippen LogP contribution >= 0.6 is 0 Å². The number of aryl methyl sites for hydroxylation is 1. The lowest BCUT2D eigenvalue weighted by Crippen LogP contribution is -2.03. The molecule has 0 atom stereocenters. The van der Waals surface area contributed by atoms with Crippen LogP contribution in [0, 0.1) is 6.92 Å². The first-order valence-electron chi connectivity index (χ1n) is 3.47. The summed E-state index contributed by atoms with van der Waals surface area (Å²) in [5, 5.41) is 7.59. The maximum Gasteiger partial charge on any atom is 0.142 e. The molecule has 0 amide bonds. The van der Waals surface area contributed by atoms with Crippen molar-refractivity contribution in [3.63, 3.8) is 0 Å². The van der Waals surface area contributed by atoms with Crippen molar-refractivity contribution < 1.29 is 4.63 Å². The Labute approximate surface area is 64.8 Å². The molecule has 2 aromatic rings. The fraction of sp³-hybridized carbons (Fsp3) is 0.143. The molecule has 3 nitrogen and oxygen atoms in total. The number of aromatic nitrogens is 2. The molecule has 0 saturated carbocycles. The molecule has 0 N–H and O–H groups in total. The summed E-state index contributed by atoms with van der Waals surface area (Å²) in [5.41, 5.74) is 3.94. The van der Waals surface area contributed by atoms with Gasteiger partial charge >= 0.3 is 0 Å². The van der Waals surface area contributed by atoms with E-state index in [1.54, 1.807) is 0 Å². The summed E-state index contributed by atoms with van der Waals surface area (Å²) in [6, 6.07) is 4.03. The SMILES string of the molecule is Bc1ccc(C)c2nonc12. The third-order valence-electron chi connectivity index (χ3n) is 1.82. The van der Waals surface area contributed by atoms with Crippen LogP contribution in [-0.4, -0.2) is 18.2 Å². The van der Waals surface area contributed by atoms with E-state index in [1.165, 1.54) is 0 Å².